The molecule has 0 saturated heterocycles. The number of aromatic nitrogens is 5. The van der Waals surface area contributed by atoms with E-state index in [9.17, 15) is 23.1 Å². The molecule has 4 aromatic rings. The molecule has 0 radical (unpaired) electrons. The minimum Gasteiger partial charge on any atom is -0.497 e. The molecular formula is C23H20F3N7O4. The summed E-state index contributed by atoms with van der Waals surface area (Å²) in [5.41, 5.74) is -0.333. The van der Waals surface area contributed by atoms with Gasteiger partial charge in [0.05, 0.1) is 14.2 Å². The molecule has 0 bridgehead atoms. The zero-order chi connectivity index (χ0) is 26.7. The SMILES string of the molecule is CNc1ncc(-c2cnc(Nc3cc(OC)cc(OC)c3)nc2-n2ccc(C(F)(F)F)n2)cc1C(=O)O. The summed E-state index contributed by atoms with van der Waals surface area (Å²) in [5.74, 6) is -0.183. The number of carboxylic acid groups (broad SMARTS) is 1. The van der Waals surface area contributed by atoms with E-state index >= 15 is 0 Å². The number of hydrogen-bond donors (Lipinski definition) is 3. The number of benzene rings is 1. The van der Waals surface area contributed by atoms with E-state index in [4.69, 9.17) is 9.47 Å². The Labute approximate surface area is 207 Å². The van der Waals surface area contributed by atoms with E-state index in [1.807, 2.05) is 0 Å². The molecule has 3 N–H and O–H groups in total. The van der Waals surface area contributed by atoms with Crippen LogP contribution in [0.2, 0.25) is 0 Å². The minimum atomic E-state index is -4.68. The number of alkyl halides is 3. The number of halogens is 3. The molecule has 3 aromatic heterocycles. The van der Waals surface area contributed by atoms with Gasteiger partial charge in [-0.05, 0) is 12.1 Å². The van der Waals surface area contributed by atoms with Crippen molar-refractivity contribution < 1.29 is 32.5 Å². The average Bonchev–Trinajstić information content (AvgIpc) is 3.39. The number of nitrogens with one attached hydrogen (secondary N) is 2. The predicted molar refractivity (Wildman–Crippen MR) is 127 cm³/mol. The van der Waals surface area contributed by atoms with Gasteiger partial charge in [-0.1, -0.05) is 0 Å². The summed E-state index contributed by atoms with van der Waals surface area (Å²) < 4.78 is 51.2. The second kappa shape index (κ2) is 10.0. The fraction of sp³-hybridized carbons (Fsp3) is 0.174. The molecule has 0 unspecified atom stereocenters. The fourth-order valence-electron chi connectivity index (χ4n) is 3.39. The van der Waals surface area contributed by atoms with Gasteiger partial charge in [-0.25, -0.2) is 19.4 Å². The van der Waals surface area contributed by atoms with Gasteiger partial charge in [0, 0.05) is 60.7 Å². The number of carbonyl (C=O) groups is 1. The molecule has 4 rings (SSSR count). The lowest BCUT2D eigenvalue weighted by atomic mass is 10.1. The molecule has 0 aliphatic heterocycles. The topological polar surface area (TPSA) is 136 Å². The highest BCUT2D eigenvalue weighted by Gasteiger charge is 2.34. The summed E-state index contributed by atoms with van der Waals surface area (Å²) in [6.45, 7) is 0. The molecule has 0 amide bonds. The van der Waals surface area contributed by atoms with Gasteiger partial charge in [0.25, 0.3) is 0 Å². The molecule has 192 valence electrons. The third-order valence-corrected chi connectivity index (χ3v) is 5.14. The maximum atomic E-state index is 13.2. The van der Waals surface area contributed by atoms with Crippen LogP contribution in [0.3, 0.4) is 0 Å². The zero-order valence-corrected chi connectivity index (χ0v) is 19.7. The van der Waals surface area contributed by atoms with E-state index in [0.717, 1.165) is 16.9 Å². The van der Waals surface area contributed by atoms with Crippen molar-refractivity contribution in [2.75, 3.05) is 31.9 Å². The van der Waals surface area contributed by atoms with Crippen molar-refractivity contribution in [3.63, 3.8) is 0 Å². The van der Waals surface area contributed by atoms with Crippen LogP contribution in [0.5, 0.6) is 11.5 Å². The van der Waals surface area contributed by atoms with Crippen LogP contribution in [0.4, 0.5) is 30.6 Å². The van der Waals surface area contributed by atoms with Crippen LogP contribution in [0, 0.1) is 0 Å². The molecule has 14 heteroatoms. The summed E-state index contributed by atoms with van der Waals surface area (Å²) in [6, 6.07) is 7.07. The Morgan fingerprint density at radius 1 is 1.05 bits per heavy atom. The fourth-order valence-corrected chi connectivity index (χ4v) is 3.39. The number of hydrogen-bond acceptors (Lipinski definition) is 9. The molecule has 0 aliphatic rings. The molecule has 37 heavy (non-hydrogen) atoms. The number of methoxy groups -OCH3 is 2. The molecule has 0 fully saturated rings. The third-order valence-electron chi connectivity index (χ3n) is 5.14. The Morgan fingerprint density at radius 2 is 1.76 bits per heavy atom. The van der Waals surface area contributed by atoms with Crippen LogP contribution in [-0.2, 0) is 6.18 Å². The van der Waals surface area contributed by atoms with Crippen LogP contribution in [-0.4, -0.2) is 57.1 Å². The molecule has 0 aliphatic carbocycles. The highest BCUT2D eigenvalue weighted by Crippen LogP contribution is 2.32. The smallest absolute Gasteiger partial charge is 0.435 e. The Balaban J connectivity index is 1.84. The second-order valence-electron chi connectivity index (χ2n) is 7.48. The van der Waals surface area contributed by atoms with E-state index in [0.29, 0.717) is 17.2 Å². The van der Waals surface area contributed by atoms with Gasteiger partial charge in [-0.15, -0.1) is 0 Å². The van der Waals surface area contributed by atoms with Crippen molar-refractivity contribution in [3.8, 4) is 28.4 Å². The van der Waals surface area contributed by atoms with Gasteiger partial charge in [0.1, 0.15) is 22.9 Å². The Hall–Kier alpha value is -4.88. The summed E-state index contributed by atoms with van der Waals surface area (Å²) in [4.78, 5) is 24.5. The van der Waals surface area contributed by atoms with Gasteiger partial charge in [0.15, 0.2) is 11.5 Å². The molecule has 0 atom stereocenters. The standard InChI is InChI=1S/C23H20F3N7O4/c1-27-19-16(21(34)35)6-12(10-28-19)17-11-29-22(30-13-7-14(36-2)9-15(8-13)37-3)31-20(17)33-5-4-18(32-33)23(24,25)26/h4-11H,1-3H3,(H,27,28)(H,34,35)(H,29,30,31). The first-order valence-corrected chi connectivity index (χ1v) is 10.5. The Morgan fingerprint density at radius 3 is 2.32 bits per heavy atom. The van der Waals surface area contributed by atoms with Gasteiger partial charge < -0.3 is 25.2 Å². The number of aromatic carboxylic acids is 1. The van der Waals surface area contributed by atoms with E-state index < -0.39 is 17.8 Å². The Kier molecular flexibility index (Phi) is 6.82. The zero-order valence-electron chi connectivity index (χ0n) is 19.7. The maximum Gasteiger partial charge on any atom is 0.435 e. The summed E-state index contributed by atoms with van der Waals surface area (Å²) >= 11 is 0. The first-order valence-electron chi connectivity index (χ1n) is 10.5. The highest BCUT2D eigenvalue weighted by atomic mass is 19.4. The van der Waals surface area contributed by atoms with Gasteiger partial charge in [-0.3, -0.25) is 0 Å². The van der Waals surface area contributed by atoms with Crippen LogP contribution in [0.25, 0.3) is 16.9 Å². The van der Waals surface area contributed by atoms with Crippen molar-refractivity contribution in [3.05, 3.63) is 60.2 Å². The quantitative estimate of drug-likeness (QED) is 0.312. The third kappa shape index (κ3) is 5.37. The summed E-state index contributed by atoms with van der Waals surface area (Å²) in [7, 11) is 4.48. The Bertz CT molecular complexity index is 1430. The van der Waals surface area contributed by atoms with Gasteiger partial charge in [-0.2, -0.15) is 23.3 Å². The van der Waals surface area contributed by atoms with Crippen molar-refractivity contribution in [2.45, 2.75) is 6.18 Å². The second-order valence-corrected chi connectivity index (χ2v) is 7.48. The van der Waals surface area contributed by atoms with Crippen LogP contribution >= 0.6 is 0 Å². The minimum absolute atomic E-state index is 0.0244. The van der Waals surface area contributed by atoms with E-state index in [1.165, 1.54) is 39.7 Å². The van der Waals surface area contributed by atoms with Crippen LogP contribution in [0.15, 0.2) is 48.9 Å². The average molecular weight is 515 g/mol. The molecule has 1 aromatic carbocycles. The van der Waals surface area contributed by atoms with E-state index in [2.05, 4.69) is 30.7 Å². The summed E-state index contributed by atoms with van der Waals surface area (Å²) in [5, 5.41) is 18.8. The number of rotatable bonds is 8. The largest absolute Gasteiger partial charge is 0.497 e. The molecule has 0 spiro atoms. The van der Waals surface area contributed by atoms with Crippen molar-refractivity contribution in [1.82, 2.24) is 24.7 Å². The van der Waals surface area contributed by atoms with Crippen LogP contribution < -0.4 is 20.1 Å². The first-order chi connectivity index (χ1) is 17.6. The van der Waals surface area contributed by atoms with Crippen molar-refractivity contribution in [1.29, 1.82) is 0 Å². The lowest BCUT2D eigenvalue weighted by Crippen LogP contribution is -2.10. The number of nitrogens with zero attached hydrogens (tertiary/aromatic N) is 5. The van der Waals surface area contributed by atoms with Gasteiger partial charge >= 0.3 is 12.1 Å². The lowest BCUT2D eigenvalue weighted by Gasteiger charge is -2.14. The van der Waals surface area contributed by atoms with Gasteiger partial charge in [0.2, 0.25) is 5.95 Å². The first kappa shape index (κ1) is 25.2. The summed E-state index contributed by atoms with van der Waals surface area (Å²) in [6.07, 6.45) is -0.892. The van der Waals surface area contributed by atoms with E-state index in [1.54, 1.807) is 18.2 Å². The highest BCUT2D eigenvalue weighted by molar-refractivity contribution is 5.94. The lowest BCUT2D eigenvalue weighted by molar-refractivity contribution is -0.141. The maximum absolute atomic E-state index is 13.2. The normalized spacial score (nSPS) is 11.2. The molecule has 11 nitrogen and oxygen atoms in total. The van der Waals surface area contributed by atoms with Crippen molar-refractivity contribution in [2.24, 2.45) is 0 Å². The van der Waals surface area contributed by atoms with Crippen LogP contribution in [0.1, 0.15) is 16.1 Å². The number of anilines is 3. The molecular weight excluding hydrogens is 495 g/mol. The molecule has 0 saturated carbocycles. The van der Waals surface area contributed by atoms with E-state index in [-0.39, 0.29) is 34.3 Å². The van der Waals surface area contributed by atoms with Crippen molar-refractivity contribution >= 4 is 23.4 Å². The monoisotopic (exact) mass is 515 g/mol. The molecule has 3 heterocycles. The number of carboxylic acids is 1. The number of pyridine rings is 1. The predicted octanol–water partition coefficient (Wildman–Crippen LogP) is 4.24. The number of ether oxygens (including phenoxy) is 2.